The number of hydrogen-bond donors (Lipinski definition) is 1. The molecule has 1 unspecified atom stereocenters. The van der Waals surface area contributed by atoms with Crippen LogP contribution in [0.1, 0.15) is 18.4 Å². The molecule has 3 rings (SSSR count). The van der Waals surface area contributed by atoms with Crippen LogP contribution in [0.5, 0.6) is 5.75 Å². The highest BCUT2D eigenvalue weighted by Gasteiger charge is 2.24. The molecule has 1 aromatic carbocycles. The van der Waals surface area contributed by atoms with E-state index in [1.165, 1.54) is 17.7 Å². The lowest BCUT2D eigenvalue weighted by atomic mass is 10.1. The highest BCUT2D eigenvalue weighted by molar-refractivity contribution is 7.98. The van der Waals surface area contributed by atoms with Gasteiger partial charge in [-0.1, -0.05) is 12.0 Å². The molecule has 0 bridgehead atoms. The Labute approximate surface area is 137 Å². The second kappa shape index (κ2) is 6.64. The first-order chi connectivity index (χ1) is 10.7. The van der Waals surface area contributed by atoms with E-state index in [4.69, 9.17) is 11.2 Å². The summed E-state index contributed by atoms with van der Waals surface area (Å²) in [5, 5.41) is 3.24. The fourth-order valence-electron chi connectivity index (χ4n) is 2.59. The molecule has 2 nitrogen and oxygen atoms in total. The van der Waals surface area contributed by atoms with Crippen LogP contribution in [0.15, 0.2) is 40.8 Å². The largest absolute Gasteiger partial charge is 0.493 e. The van der Waals surface area contributed by atoms with Crippen LogP contribution in [0, 0.1) is 18.3 Å². The van der Waals surface area contributed by atoms with Gasteiger partial charge in [0.05, 0.1) is 12.6 Å². The Hall–Kier alpha value is -1.63. The predicted octanol–water partition coefficient (Wildman–Crippen LogP) is 3.74. The summed E-state index contributed by atoms with van der Waals surface area (Å²) in [7, 11) is 1.93. The van der Waals surface area contributed by atoms with Crippen LogP contribution in [0.2, 0.25) is 0 Å². The normalized spacial score (nSPS) is 20.3. The van der Waals surface area contributed by atoms with E-state index in [-0.39, 0.29) is 6.04 Å². The standard InChI is InChI=1S/C19H21NOS/c1-4-14-9-15(10-18(14)20-2)17-11-16(22-3)7-8-19(17)21-12-13-5-6-13/h1,7-11,13,18,20H,5-6,12H2,2-3H3. The van der Waals surface area contributed by atoms with Gasteiger partial charge in [-0.25, -0.2) is 0 Å². The van der Waals surface area contributed by atoms with E-state index in [0.29, 0.717) is 0 Å². The topological polar surface area (TPSA) is 21.3 Å². The molecule has 1 saturated carbocycles. The fourth-order valence-corrected chi connectivity index (χ4v) is 3.03. The third kappa shape index (κ3) is 3.24. The lowest BCUT2D eigenvalue weighted by molar-refractivity contribution is 0.299. The zero-order valence-electron chi connectivity index (χ0n) is 13.1. The maximum atomic E-state index is 6.06. The van der Waals surface area contributed by atoms with E-state index in [2.05, 4.69) is 47.8 Å². The van der Waals surface area contributed by atoms with Crippen LogP contribution in [-0.4, -0.2) is 26.0 Å². The van der Waals surface area contributed by atoms with E-state index in [0.717, 1.165) is 35.0 Å². The summed E-state index contributed by atoms with van der Waals surface area (Å²) in [6.07, 6.45) is 14.6. The van der Waals surface area contributed by atoms with Crippen LogP contribution in [0.25, 0.3) is 5.57 Å². The van der Waals surface area contributed by atoms with Gasteiger partial charge in [0, 0.05) is 16.0 Å². The number of rotatable bonds is 6. The minimum Gasteiger partial charge on any atom is -0.493 e. The van der Waals surface area contributed by atoms with Crippen molar-refractivity contribution in [2.24, 2.45) is 5.92 Å². The Morgan fingerprint density at radius 3 is 2.82 bits per heavy atom. The summed E-state index contributed by atoms with van der Waals surface area (Å²) in [5.74, 6) is 4.48. The maximum Gasteiger partial charge on any atom is 0.127 e. The maximum absolute atomic E-state index is 6.06. The Balaban J connectivity index is 1.93. The van der Waals surface area contributed by atoms with Gasteiger partial charge in [-0.15, -0.1) is 18.2 Å². The van der Waals surface area contributed by atoms with Gasteiger partial charge in [0.1, 0.15) is 5.75 Å². The van der Waals surface area contributed by atoms with Crippen molar-refractivity contribution in [3.8, 4) is 18.1 Å². The summed E-state index contributed by atoms with van der Waals surface area (Å²) in [4.78, 5) is 1.23. The van der Waals surface area contributed by atoms with Crippen molar-refractivity contribution in [3.05, 3.63) is 41.5 Å². The van der Waals surface area contributed by atoms with Gasteiger partial charge in [0.15, 0.2) is 0 Å². The van der Waals surface area contributed by atoms with Crippen molar-refractivity contribution in [2.75, 3.05) is 19.9 Å². The first-order valence-electron chi connectivity index (χ1n) is 7.63. The molecule has 2 aliphatic rings. The van der Waals surface area contributed by atoms with Crippen molar-refractivity contribution in [1.29, 1.82) is 0 Å². The number of hydrogen-bond acceptors (Lipinski definition) is 3. The number of allylic oxidation sites excluding steroid dienone is 2. The van der Waals surface area contributed by atoms with Crippen molar-refractivity contribution < 1.29 is 4.74 Å². The molecule has 0 saturated heterocycles. The number of likely N-dealkylation sites (N-methyl/N-ethyl adjacent to an activating group) is 1. The minimum absolute atomic E-state index is 0.120. The predicted molar refractivity (Wildman–Crippen MR) is 94.2 cm³/mol. The molecular formula is C19H21NOS. The van der Waals surface area contributed by atoms with Crippen LogP contribution in [-0.2, 0) is 0 Å². The van der Waals surface area contributed by atoms with E-state index in [9.17, 15) is 0 Å². The second-order valence-electron chi connectivity index (χ2n) is 5.75. The molecule has 1 N–H and O–H groups in total. The molecule has 0 aromatic heterocycles. The lowest BCUT2D eigenvalue weighted by Gasteiger charge is -2.13. The van der Waals surface area contributed by atoms with Gasteiger partial charge < -0.3 is 10.1 Å². The third-order valence-electron chi connectivity index (χ3n) is 4.14. The Morgan fingerprint density at radius 1 is 1.41 bits per heavy atom. The number of terminal acetylenes is 1. The molecule has 0 radical (unpaired) electrons. The lowest BCUT2D eigenvalue weighted by Crippen LogP contribution is -2.22. The van der Waals surface area contributed by atoms with Gasteiger partial charge in [0.25, 0.3) is 0 Å². The number of ether oxygens (including phenoxy) is 1. The fraction of sp³-hybridized carbons (Fsp3) is 0.368. The van der Waals surface area contributed by atoms with Crippen LogP contribution < -0.4 is 10.1 Å². The Morgan fingerprint density at radius 2 is 2.23 bits per heavy atom. The van der Waals surface area contributed by atoms with Gasteiger partial charge in [-0.3, -0.25) is 0 Å². The van der Waals surface area contributed by atoms with Gasteiger partial charge >= 0.3 is 0 Å². The first kappa shape index (κ1) is 15.3. The van der Waals surface area contributed by atoms with E-state index >= 15 is 0 Å². The quantitative estimate of drug-likeness (QED) is 0.639. The van der Waals surface area contributed by atoms with E-state index < -0.39 is 0 Å². The van der Waals surface area contributed by atoms with Gasteiger partial charge in [0.2, 0.25) is 0 Å². The smallest absolute Gasteiger partial charge is 0.127 e. The minimum atomic E-state index is 0.120. The van der Waals surface area contributed by atoms with Gasteiger partial charge in [-0.05, 0) is 61.9 Å². The number of benzene rings is 1. The van der Waals surface area contributed by atoms with Crippen molar-refractivity contribution >= 4 is 17.3 Å². The van der Waals surface area contributed by atoms with Crippen LogP contribution in [0.3, 0.4) is 0 Å². The zero-order chi connectivity index (χ0) is 15.5. The molecular weight excluding hydrogens is 290 g/mol. The first-order valence-corrected chi connectivity index (χ1v) is 8.86. The van der Waals surface area contributed by atoms with Gasteiger partial charge in [-0.2, -0.15) is 0 Å². The number of nitrogens with one attached hydrogen (secondary N) is 1. The Kier molecular flexibility index (Phi) is 4.61. The number of thioether (sulfide) groups is 1. The zero-order valence-corrected chi connectivity index (χ0v) is 13.9. The van der Waals surface area contributed by atoms with E-state index in [1.54, 1.807) is 11.8 Å². The highest BCUT2D eigenvalue weighted by Crippen LogP contribution is 2.36. The monoisotopic (exact) mass is 311 g/mol. The molecule has 1 atom stereocenters. The molecule has 114 valence electrons. The molecule has 0 spiro atoms. The van der Waals surface area contributed by atoms with E-state index in [1.807, 2.05) is 7.05 Å². The average molecular weight is 311 g/mol. The van der Waals surface area contributed by atoms with Crippen LogP contribution in [0.4, 0.5) is 0 Å². The molecule has 22 heavy (non-hydrogen) atoms. The molecule has 0 aliphatic heterocycles. The third-order valence-corrected chi connectivity index (χ3v) is 4.86. The Bertz CT molecular complexity index is 665. The van der Waals surface area contributed by atoms with Crippen molar-refractivity contribution in [3.63, 3.8) is 0 Å². The molecule has 0 amide bonds. The molecule has 2 aliphatic carbocycles. The summed E-state index contributed by atoms with van der Waals surface area (Å²) < 4.78 is 6.06. The van der Waals surface area contributed by atoms with Crippen molar-refractivity contribution in [1.82, 2.24) is 5.32 Å². The van der Waals surface area contributed by atoms with Crippen molar-refractivity contribution in [2.45, 2.75) is 23.8 Å². The summed E-state index contributed by atoms with van der Waals surface area (Å²) in [6, 6.07) is 6.52. The molecule has 3 heteroatoms. The summed E-state index contributed by atoms with van der Waals surface area (Å²) in [6.45, 7) is 0.820. The molecule has 0 heterocycles. The summed E-state index contributed by atoms with van der Waals surface area (Å²) >= 11 is 1.74. The average Bonchev–Trinajstić information content (AvgIpc) is 3.29. The van der Waals surface area contributed by atoms with Crippen LogP contribution >= 0.6 is 11.8 Å². The highest BCUT2D eigenvalue weighted by atomic mass is 32.2. The molecule has 1 fully saturated rings. The SMILES string of the molecule is C#CC1=CC(c2cc(SC)ccc2OCC2CC2)=CC1NC. The second-order valence-corrected chi connectivity index (χ2v) is 6.63. The summed E-state index contributed by atoms with van der Waals surface area (Å²) in [5.41, 5.74) is 3.26. The molecule has 1 aromatic rings.